The Kier molecular flexibility index (Phi) is 3.78. The maximum atomic E-state index is 5.44. The third kappa shape index (κ3) is 2.53. The van der Waals surface area contributed by atoms with Gasteiger partial charge in [-0.3, -0.25) is 4.98 Å². The van der Waals surface area contributed by atoms with Gasteiger partial charge in [-0.15, -0.1) is 0 Å². The number of methoxy groups -OCH3 is 2. The minimum Gasteiger partial charge on any atom is -0.497 e. The summed E-state index contributed by atoms with van der Waals surface area (Å²) < 4.78 is 10.7. The Morgan fingerprint density at radius 1 is 1.09 bits per heavy atom. The van der Waals surface area contributed by atoms with Crippen molar-refractivity contribution in [2.75, 3.05) is 14.2 Å². The van der Waals surface area contributed by atoms with E-state index in [4.69, 9.17) is 14.5 Å². The van der Waals surface area contributed by atoms with E-state index in [-0.39, 0.29) is 0 Å². The molecule has 5 nitrogen and oxygen atoms in total. The van der Waals surface area contributed by atoms with Gasteiger partial charge < -0.3 is 14.5 Å². The van der Waals surface area contributed by atoms with Crippen LogP contribution < -0.4 is 9.47 Å². The molecule has 5 heteroatoms. The number of imidazole rings is 1. The Bertz CT molecular complexity index is 782. The Morgan fingerprint density at radius 3 is 2.64 bits per heavy atom. The average molecular weight is 295 g/mol. The van der Waals surface area contributed by atoms with Crippen molar-refractivity contribution in [2.45, 2.75) is 6.92 Å². The summed E-state index contributed by atoms with van der Waals surface area (Å²) in [5, 5.41) is 0. The van der Waals surface area contributed by atoms with E-state index in [0.717, 1.165) is 34.1 Å². The van der Waals surface area contributed by atoms with Gasteiger partial charge >= 0.3 is 0 Å². The zero-order valence-corrected chi connectivity index (χ0v) is 12.8. The Labute approximate surface area is 129 Å². The van der Waals surface area contributed by atoms with Crippen molar-refractivity contribution in [1.82, 2.24) is 15.0 Å². The number of benzene rings is 1. The zero-order chi connectivity index (χ0) is 15.5. The van der Waals surface area contributed by atoms with E-state index in [1.54, 1.807) is 26.6 Å². The lowest BCUT2D eigenvalue weighted by Crippen LogP contribution is -1.91. The summed E-state index contributed by atoms with van der Waals surface area (Å²) in [5.74, 6) is 2.22. The SMILES string of the molecule is COc1ccc(-c2nc(-c3cccnc3)c(C)[nH]2)c(OC)c1. The monoisotopic (exact) mass is 295 g/mol. The second-order valence-electron chi connectivity index (χ2n) is 4.87. The lowest BCUT2D eigenvalue weighted by Gasteiger charge is -2.08. The van der Waals surface area contributed by atoms with Crippen molar-refractivity contribution in [3.05, 3.63) is 48.4 Å². The molecule has 112 valence electrons. The summed E-state index contributed by atoms with van der Waals surface area (Å²) in [4.78, 5) is 12.2. The number of pyridine rings is 1. The summed E-state index contributed by atoms with van der Waals surface area (Å²) in [7, 11) is 3.27. The minimum atomic E-state index is 0.714. The fourth-order valence-corrected chi connectivity index (χ4v) is 2.37. The van der Waals surface area contributed by atoms with Crippen molar-refractivity contribution in [1.29, 1.82) is 0 Å². The van der Waals surface area contributed by atoms with Crippen molar-refractivity contribution < 1.29 is 9.47 Å². The molecule has 0 fully saturated rings. The Morgan fingerprint density at radius 2 is 1.95 bits per heavy atom. The van der Waals surface area contributed by atoms with Crippen LogP contribution in [0.4, 0.5) is 0 Å². The molecule has 0 saturated carbocycles. The van der Waals surface area contributed by atoms with Crippen LogP contribution in [0, 0.1) is 6.92 Å². The smallest absolute Gasteiger partial charge is 0.142 e. The zero-order valence-electron chi connectivity index (χ0n) is 12.8. The van der Waals surface area contributed by atoms with Crippen LogP contribution in [0.2, 0.25) is 0 Å². The molecule has 3 rings (SSSR count). The van der Waals surface area contributed by atoms with Crippen molar-refractivity contribution in [2.24, 2.45) is 0 Å². The fourth-order valence-electron chi connectivity index (χ4n) is 2.37. The van der Waals surface area contributed by atoms with Gasteiger partial charge in [0.05, 0.1) is 25.5 Å². The summed E-state index contributed by atoms with van der Waals surface area (Å²) in [6, 6.07) is 9.56. The molecule has 0 spiro atoms. The molecule has 0 aliphatic heterocycles. The highest BCUT2D eigenvalue weighted by Gasteiger charge is 2.14. The van der Waals surface area contributed by atoms with Crippen LogP contribution in [0.3, 0.4) is 0 Å². The maximum Gasteiger partial charge on any atom is 0.142 e. The third-order valence-electron chi connectivity index (χ3n) is 3.48. The first kappa shape index (κ1) is 14.1. The van der Waals surface area contributed by atoms with E-state index in [2.05, 4.69) is 9.97 Å². The average Bonchev–Trinajstić information content (AvgIpc) is 2.96. The predicted octanol–water partition coefficient (Wildman–Crippen LogP) is 3.46. The topological polar surface area (TPSA) is 60.0 Å². The molecule has 0 unspecified atom stereocenters. The van der Waals surface area contributed by atoms with E-state index >= 15 is 0 Å². The van der Waals surface area contributed by atoms with E-state index in [0.29, 0.717) is 5.75 Å². The number of H-pyrrole nitrogens is 1. The quantitative estimate of drug-likeness (QED) is 0.800. The normalized spacial score (nSPS) is 10.5. The number of hydrogen-bond donors (Lipinski definition) is 1. The number of aromatic amines is 1. The van der Waals surface area contributed by atoms with Gasteiger partial charge in [-0.05, 0) is 31.2 Å². The first-order chi connectivity index (χ1) is 10.7. The van der Waals surface area contributed by atoms with Crippen LogP contribution in [-0.2, 0) is 0 Å². The first-order valence-corrected chi connectivity index (χ1v) is 6.92. The highest BCUT2D eigenvalue weighted by Crippen LogP contribution is 2.33. The number of rotatable bonds is 4. The Balaban J connectivity index is 2.07. The van der Waals surface area contributed by atoms with Gasteiger partial charge in [-0.2, -0.15) is 0 Å². The van der Waals surface area contributed by atoms with E-state index < -0.39 is 0 Å². The molecule has 22 heavy (non-hydrogen) atoms. The summed E-state index contributed by atoms with van der Waals surface area (Å²) in [6.07, 6.45) is 3.55. The highest BCUT2D eigenvalue weighted by molar-refractivity contribution is 5.71. The van der Waals surface area contributed by atoms with Crippen LogP contribution >= 0.6 is 0 Å². The van der Waals surface area contributed by atoms with Crippen LogP contribution in [0.15, 0.2) is 42.7 Å². The predicted molar refractivity (Wildman–Crippen MR) is 85.1 cm³/mol. The largest absolute Gasteiger partial charge is 0.497 e. The lowest BCUT2D eigenvalue weighted by atomic mass is 10.2. The molecule has 2 aromatic heterocycles. The fraction of sp³-hybridized carbons (Fsp3) is 0.176. The van der Waals surface area contributed by atoms with Crippen molar-refractivity contribution >= 4 is 0 Å². The van der Waals surface area contributed by atoms with Gasteiger partial charge in [0.2, 0.25) is 0 Å². The number of aryl methyl sites for hydroxylation is 1. The molecule has 0 aliphatic rings. The van der Waals surface area contributed by atoms with Gasteiger partial charge in [0.1, 0.15) is 17.3 Å². The minimum absolute atomic E-state index is 0.714. The molecular formula is C17H17N3O2. The highest BCUT2D eigenvalue weighted by atomic mass is 16.5. The summed E-state index contributed by atoms with van der Waals surface area (Å²) in [5.41, 5.74) is 3.75. The number of hydrogen-bond acceptors (Lipinski definition) is 4. The standard InChI is InChI=1S/C17H17N3O2/c1-11-16(12-5-4-8-18-10-12)20-17(19-11)14-7-6-13(21-2)9-15(14)22-3/h4-10H,1-3H3,(H,19,20). The molecule has 0 saturated heterocycles. The van der Waals surface area contributed by atoms with Crippen LogP contribution in [0.25, 0.3) is 22.6 Å². The second kappa shape index (κ2) is 5.89. The molecule has 0 bridgehead atoms. The van der Waals surface area contributed by atoms with Gasteiger partial charge in [0.15, 0.2) is 0 Å². The van der Waals surface area contributed by atoms with Gasteiger partial charge in [0.25, 0.3) is 0 Å². The second-order valence-corrected chi connectivity index (χ2v) is 4.87. The van der Waals surface area contributed by atoms with Crippen molar-refractivity contribution in [3.8, 4) is 34.1 Å². The first-order valence-electron chi connectivity index (χ1n) is 6.92. The number of nitrogens with one attached hydrogen (secondary N) is 1. The van der Waals surface area contributed by atoms with E-state index in [1.807, 2.05) is 37.3 Å². The molecule has 3 aromatic rings. The number of ether oxygens (including phenoxy) is 2. The van der Waals surface area contributed by atoms with Crippen molar-refractivity contribution in [3.63, 3.8) is 0 Å². The number of nitrogens with zero attached hydrogens (tertiary/aromatic N) is 2. The van der Waals surface area contributed by atoms with E-state index in [9.17, 15) is 0 Å². The Hall–Kier alpha value is -2.82. The van der Waals surface area contributed by atoms with Crippen LogP contribution in [0.1, 0.15) is 5.69 Å². The van der Waals surface area contributed by atoms with Gasteiger partial charge in [-0.25, -0.2) is 4.98 Å². The summed E-state index contributed by atoms with van der Waals surface area (Å²) in [6.45, 7) is 1.99. The maximum absolute atomic E-state index is 5.44. The summed E-state index contributed by atoms with van der Waals surface area (Å²) >= 11 is 0. The number of aromatic nitrogens is 3. The molecule has 0 aliphatic carbocycles. The molecule has 0 radical (unpaired) electrons. The van der Waals surface area contributed by atoms with E-state index in [1.165, 1.54) is 0 Å². The molecule has 2 heterocycles. The molecule has 0 atom stereocenters. The van der Waals surface area contributed by atoms with Gasteiger partial charge in [-0.1, -0.05) is 0 Å². The van der Waals surface area contributed by atoms with Crippen LogP contribution in [0.5, 0.6) is 11.5 Å². The van der Waals surface area contributed by atoms with Gasteiger partial charge in [0, 0.05) is 29.7 Å². The lowest BCUT2D eigenvalue weighted by molar-refractivity contribution is 0.395. The van der Waals surface area contributed by atoms with Crippen LogP contribution in [-0.4, -0.2) is 29.2 Å². The molecular weight excluding hydrogens is 278 g/mol. The molecule has 0 amide bonds. The molecule has 1 aromatic carbocycles. The molecule has 1 N–H and O–H groups in total. The third-order valence-corrected chi connectivity index (χ3v) is 3.48.